The van der Waals surface area contributed by atoms with Crippen LogP contribution in [0.1, 0.15) is 18.1 Å². The summed E-state index contributed by atoms with van der Waals surface area (Å²) in [5, 5.41) is 2.56. The second kappa shape index (κ2) is 8.84. The number of amides is 1. The third-order valence-corrected chi connectivity index (χ3v) is 7.08. The summed E-state index contributed by atoms with van der Waals surface area (Å²) in [6.07, 6.45) is -0.564. The van der Waals surface area contributed by atoms with Gasteiger partial charge in [0, 0.05) is 37.6 Å². The molecule has 29 heavy (non-hydrogen) atoms. The third kappa shape index (κ3) is 4.71. The number of rotatable bonds is 5. The van der Waals surface area contributed by atoms with E-state index in [2.05, 4.69) is 36.2 Å². The molecule has 0 saturated carbocycles. The molecule has 1 aliphatic heterocycles. The summed E-state index contributed by atoms with van der Waals surface area (Å²) in [5.74, 6) is 0. The lowest BCUT2D eigenvalue weighted by atomic mass is 10.1. The second-order valence-electron chi connectivity index (χ2n) is 6.98. The number of benzene rings is 2. The van der Waals surface area contributed by atoms with E-state index in [-0.39, 0.29) is 11.5 Å². The van der Waals surface area contributed by atoms with Crippen LogP contribution < -0.4 is 10.2 Å². The van der Waals surface area contributed by atoms with Gasteiger partial charge in [-0.1, -0.05) is 12.1 Å². The van der Waals surface area contributed by atoms with E-state index in [9.17, 15) is 13.2 Å². The molecule has 1 aliphatic rings. The molecule has 1 amide bonds. The molecule has 1 heterocycles. The molecule has 0 aliphatic carbocycles. The van der Waals surface area contributed by atoms with Crippen LogP contribution in [0.2, 0.25) is 0 Å². The zero-order valence-electron chi connectivity index (χ0n) is 17.0. The van der Waals surface area contributed by atoms with Gasteiger partial charge in [0.15, 0.2) is 0 Å². The van der Waals surface area contributed by atoms with Gasteiger partial charge in [-0.2, -0.15) is 4.31 Å². The van der Waals surface area contributed by atoms with Crippen molar-refractivity contribution in [1.29, 1.82) is 0 Å². The lowest BCUT2D eigenvalue weighted by molar-refractivity contribution is 0.168. The molecule has 3 rings (SSSR count). The third-order valence-electron chi connectivity index (χ3n) is 5.17. The molecule has 0 bridgehead atoms. The summed E-state index contributed by atoms with van der Waals surface area (Å²) >= 11 is 0. The van der Waals surface area contributed by atoms with E-state index < -0.39 is 16.1 Å². The number of carbonyl (C=O) groups is 1. The molecule has 7 nitrogen and oxygen atoms in total. The van der Waals surface area contributed by atoms with E-state index in [0.29, 0.717) is 31.9 Å². The fourth-order valence-corrected chi connectivity index (χ4v) is 4.81. The maximum Gasteiger partial charge on any atom is 0.411 e. The van der Waals surface area contributed by atoms with Gasteiger partial charge in [-0.3, -0.25) is 5.32 Å². The molecule has 0 radical (unpaired) electrons. The molecule has 2 aromatic rings. The van der Waals surface area contributed by atoms with E-state index in [1.165, 1.54) is 27.6 Å². The summed E-state index contributed by atoms with van der Waals surface area (Å²) in [4.78, 5) is 13.9. The van der Waals surface area contributed by atoms with Gasteiger partial charge in [0.05, 0.1) is 11.5 Å². The zero-order valence-corrected chi connectivity index (χ0v) is 17.8. The van der Waals surface area contributed by atoms with Gasteiger partial charge in [0.25, 0.3) is 0 Å². The first-order valence-electron chi connectivity index (χ1n) is 9.68. The van der Waals surface area contributed by atoms with Crippen LogP contribution in [0.3, 0.4) is 0 Å². The quantitative estimate of drug-likeness (QED) is 0.807. The Balaban J connectivity index is 1.66. The highest BCUT2D eigenvalue weighted by Crippen LogP contribution is 2.26. The molecule has 8 heteroatoms. The van der Waals surface area contributed by atoms with Crippen molar-refractivity contribution >= 4 is 27.5 Å². The van der Waals surface area contributed by atoms with Crippen LogP contribution in [0.4, 0.5) is 16.2 Å². The van der Waals surface area contributed by atoms with Crippen LogP contribution in [-0.2, 0) is 14.8 Å². The van der Waals surface area contributed by atoms with E-state index in [4.69, 9.17) is 4.74 Å². The molecule has 0 atom stereocenters. The summed E-state index contributed by atoms with van der Waals surface area (Å²) in [6.45, 7) is 8.32. The van der Waals surface area contributed by atoms with Crippen molar-refractivity contribution in [3.8, 4) is 0 Å². The van der Waals surface area contributed by atoms with E-state index >= 15 is 0 Å². The standard InChI is InChI=1S/C21H27N3O4S/c1-4-28-21(25)22-18-8-10-19(11-9-18)29(26,27)24-14-12-23(13-15-24)20-7-5-6-16(2)17(20)3/h5-11H,4,12-15H2,1-3H3,(H,22,25). The SMILES string of the molecule is CCOC(=O)Nc1ccc(S(=O)(=O)N2CCN(c3cccc(C)c3C)CC2)cc1. The maximum atomic E-state index is 13.0. The van der Waals surface area contributed by atoms with Crippen molar-refractivity contribution in [2.24, 2.45) is 0 Å². The van der Waals surface area contributed by atoms with Gasteiger partial charge >= 0.3 is 6.09 Å². The lowest BCUT2D eigenvalue weighted by Crippen LogP contribution is -2.48. The van der Waals surface area contributed by atoms with Gasteiger partial charge in [-0.15, -0.1) is 0 Å². The van der Waals surface area contributed by atoms with Gasteiger partial charge < -0.3 is 9.64 Å². The molecule has 0 spiro atoms. The maximum absolute atomic E-state index is 13.0. The second-order valence-corrected chi connectivity index (χ2v) is 8.92. The normalized spacial score (nSPS) is 15.2. The number of carbonyl (C=O) groups excluding carboxylic acids is 1. The number of sulfonamides is 1. The largest absolute Gasteiger partial charge is 0.450 e. The minimum Gasteiger partial charge on any atom is -0.450 e. The molecule has 1 fully saturated rings. The number of hydrogen-bond acceptors (Lipinski definition) is 5. The predicted molar refractivity (Wildman–Crippen MR) is 114 cm³/mol. The zero-order chi connectivity index (χ0) is 21.0. The highest BCUT2D eigenvalue weighted by molar-refractivity contribution is 7.89. The molecular formula is C21H27N3O4S. The summed E-state index contributed by atoms with van der Waals surface area (Å²) in [6, 6.07) is 12.3. The summed E-state index contributed by atoms with van der Waals surface area (Å²) in [7, 11) is -3.58. The van der Waals surface area contributed by atoms with Crippen LogP contribution in [0.25, 0.3) is 0 Å². The van der Waals surface area contributed by atoms with Crippen LogP contribution >= 0.6 is 0 Å². The Kier molecular flexibility index (Phi) is 6.44. The molecule has 0 unspecified atom stereocenters. The van der Waals surface area contributed by atoms with Gasteiger partial charge in [0.2, 0.25) is 10.0 Å². The minimum atomic E-state index is -3.58. The number of ether oxygens (including phenoxy) is 1. The number of hydrogen-bond donors (Lipinski definition) is 1. The first-order chi connectivity index (χ1) is 13.8. The average molecular weight is 418 g/mol. The van der Waals surface area contributed by atoms with Crippen molar-refractivity contribution in [1.82, 2.24) is 4.31 Å². The predicted octanol–water partition coefficient (Wildman–Crippen LogP) is 3.38. The smallest absolute Gasteiger partial charge is 0.411 e. The fourth-order valence-electron chi connectivity index (χ4n) is 3.39. The molecule has 1 N–H and O–H groups in total. The Morgan fingerprint density at radius 3 is 2.31 bits per heavy atom. The lowest BCUT2D eigenvalue weighted by Gasteiger charge is -2.36. The average Bonchev–Trinajstić information content (AvgIpc) is 2.71. The summed E-state index contributed by atoms with van der Waals surface area (Å²) < 4.78 is 32.3. The van der Waals surface area contributed by atoms with Crippen molar-refractivity contribution < 1.29 is 17.9 Å². The topological polar surface area (TPSA) is 78.9 Å². The summed E-state index contributed by atoms with van der Waals surface area (Å²) in [5.41, 5.74) is 4.11. The van der Waals surface area contributed by atoms with Crippen molar-refractivity contribution in [3.63, 3.8) is 0 Å². The first kappa shape index (κ1) is 21.1. The Morgan fingerprint density at radius 2 is 1.69 bits per heavy atom. The van der Waals surface area contributed by atoms with Crippen molar-refractivity contribution in [2.75, 3.05) is 43.0 Å². The Labute approximate surface area is 172 Å². The molecular weight excluding hydrogens is 390 g/mol. The van der Waals surface area contributed by atoms with Crippen LogP contribution in [0, 0.1) is 13.8 Å². The number of aryl methyl sites for hydroxylation is 1. The molecule has 2 aromatic carbocycles. The highest BCUT2D eigenvalue weighted by Gasteiger charge is 2.29. The van der Waals surface area contributed by atoms with Crippen LogP contribution in [0.15, 0.2) is 47.4 Å². The van der Waals surface area contributed by atoms with Crippen molar-refractivity contribution in [2.45, 2.75) is 25.7 Å². The Morgan fingerprint density at radius 1 is 1.03 bits per heavy atom. The number of piperazine rings is 1. The van der Waals surface area contributed by atoms with Gasteiger partial charge in [-0.25, -0.2) is 13.2 Å². The Bertz CT molecular complexity index is 966. The van der Waals surface area contributed by atoms with Crippen LogP contribution in [0.5, 0.6) is 0 Å². The molecule has 0 aromatic heterocycles. The Hall–Kier alpha value is -2.58. The van der Waals surface area contributed by atoms with E-state index in [1.807, 2.05) is 6.07 Å². The van der Waals surface area contributed by atoms with Gasteiger partial charge in [0.1, 0.15) is 0 Å². The minimum absolute atomic E-state index is 0.215. The van der Waals surface area contributed by atoms with Crippen LogP contribution in [-0.4, -0.2) is 51.6 Å². The fraction of sp³-hybridized carbons (Fsp3) is 0.381. The number of nitrogens with one attached hydrogen (secondary N) is 1. The first-order valence-corrected chi connectivity index (χ1v) is 11.1. The van der Waals surface area contributed by atoms with Crippen molar-refractivity contribution in [3.05, 3.63) is 53.6 Å². The van der Waals surface area contributed by atoms with E-state index in [1.54, 1.807) is 19.1 Å². The number of nitrogens with zero attached hydrogens (tertiary/aromatic N) is 2. The van der Waals surface area contributed by atoms with Gasteiger partial charge in [-0.05, 0) is 62.2 Å². The molecule has 156 valence electrons. The van der Waals surface area contributed by atoms with E-state index in [0.717, 1.165) is 5.69 Å². The molecule has 1 saturated heterocycles. The highest BCUT2D eigenvalue weighted by atomic mass is 32.2. The monoisotopic (exact) mass is 417 g/mol. The number of anilines is 2.